The second-order valence-electron chi connectivity index (χ2n) is 6.70. The number of rotatable bonds is 5. The number of benzene rings is 1. The van der Waals surface area contributed by atoms with Crippen molar-refractivity contribution in [1.82, 2.24) is 9.97 Å². The number of piperidine rings is 1. The van der Waals surface area contributed by atoms with E-state index in [0.717, 1.165) is 34.9 Å². The summed E-state index contributed by atoms with van der Waals surface area (Å²) in [4.78, 5) is 25.0. The summed E-state index contributed by atoms with van der Waals surface area (Å²) in [6.07, 6.45) is 3.58. The Kier molecular flexibility index (Phi) is 5.29. The van der Waals surface area contributed by atoms with E-state index in [1.54, 1.807) is 50.0 Å². The van der Waals surface area contributed by atoms with Gasteiger partial charge in [-0.3, -0.25) is 4.79 Å². The van der Waals surface area contributed by atoms with Crippen LogP contribution in [0.2, 0.25) is 0 Å². The molecular formula is C20H22N4O3S. The number of thiazole rings is 1. The highest BCUT2D eigenvalue weighted by Gasteiger charge is 2.27. The Labute approximate surface area is 167 Å². The summed E-state index contributed by atoms with van der Waals surface area (Å²) < 4.78 is 10.6. The Morgan fingerprint density at radius 3 is 2.75 bits per heavy atom. The number of pyridine rings is 1. The van der Waals surface area contributed by atoms with Gasteiger partial charge in [0, 0.05) is 43.2 Å². The Morgan fingerprint density at radius 1 is 1.25 bits per heavy atom. The molecule has 8 heteroatoms. The van der Waals surface area contributed by atoms with Gasteiger partial charge >= 0.3 is 0 Å². The number of nitrogens with one attached hydrogen (secondary N) is 1. The highest BCUT2D eigenvalue weighted by molar-refractivity contribution is 7.21. The van der Waals surface area contributed by atoms with Gasteiger partial charge in [-0.15, -0.1) is 0 Å². The minimum absolute atomic E-state index is 0.000702. The number of amides is 1. The molecule has 4 rings (SSSR count). The SMILES string of the molecule is COc1cc(NC(=O)[C@@H]2CCCN(c3nc4cccnc4s3)C2)cc(OC)c1. The smallest absolute Gasteiger partial charge is 0.229 e. The molecule has 1 saturated heterocycles. The number of carbonyl (C=O) groups is 1. The first kappa shape index (κ1) is 18.5. The van der Waals surface area contributed by atoms with E-state index in [2.05, 4.69) is 20.2 Å². The van der Waals surface area contributed by atoms with Gasteiger partial charge in [0.25, 0.3) is 0 Å². The largest absolute Gasteiger partial charge is 0.497 e. The van der Waals surface area contributed by atoms with Gasteiger partial charge in [0.05, 0.1) is 20.1 Å². The Bertz CT molecular complexity index is 935. The molecule has 3 heterocycles. The maximum absolute atomic E-state index is 12.9. The van der Waals surface area contributed by atoms with E-state index in [4.69, 9.17) is 9.47 Å². The molecule has 2 aromatic heterocycles. The Hall–Kier alpha value is -2.87. The molecule has 0 bridgehead atoms. The molecule has 28 heavy (non-hydrogen) atoms. The molecule has 1 atom stereocenters. The Balaban J connectivity index is 1.47. The third-order valence-electron chi connectivity index (χ3n) is 4.84. The second kappa shape index (κ2) is 8.02. The molecule has 1 aliphatic rings. The zero-order valence-corrected chi connectivity index (χ0v) is 16.7. The quantitative estimate of drug-likeness (QED) is 0.708. The van der Waals surface area contributed by atoms with Gasteiger partial charge in [-0.25, -0.2) is 9.97 Å². The van der Waals surface area contributed by atoms with E-state index in [1.807, 2.05) is 12.1 Å². The summed E-state index contributed by atoms with van der Waals surface area (Å²) in [6.45, 7) is 1.54. The van der Waals surface area contributed by atoms with Crippen molar-refractivity contribution in [2.24, 2.45) is 5.92 Å². The minimum atomic E-state index is -0.106. The number of aromatic nitrogens is 2. The molecule has 0 spiro atoms. The number of fused-ring (bicyclic) bond motifs is 1. The average molecular weight is 398 g/mol. The molecule has 0 saturated carbocycles. The first-order chi connectivity index (χ1) is 13.7. The summed E-state index contributed by atoms with van der Waals surface area (Å²) in [5, 5.41) is 3.93. The van der Waals surface area contributed by atoms with Crippen LogP contribution in [0.15, 0.2) is 36.5 Å². The fourth-order valence-electron chi connectivity index (χ4n) is 3.38. The standard InChI is InChI=1S/C20H22N4O3S/c1-26-15-9-14(10-16(11-15)27-2)22-18(25)13-5-4-8-24(12-13)20-23-17-6-3-7-21-19(17)28-20/h3,6-7,9-11,13H,4-5,8,12H2,1-2H3,(H,22,25)/t13-/m1/s1. The van der Waals surface area contributed by atoms with Crippen molar-refractivity contribution in [3.05, 3.63) is 36.5 Å². The van der Waals surface area contributed by atoms with Crippen LogP contribution in [0.1, 0.15) is 12.8 Å². The average Bonchev–Trinajstić information content (AvgIpc) is 3.18. The van der Waals surface area contributed by atoms with E-state index in [0.29, 0.717) is 23.7 Å². The molecule has 1 aliphatic heterocycles. The van der Waals surface area contributed by atoms with E-state index in [9.17, 15) is 4.79 Å². The fourth-order valence-corrected chi connectivity index (χ4v) is 4.33. The number of carbonyl (C=O) groups excluding carboxylic acids is 1. The van der Waals surface area contributed by atoms with E-state index >= 15 is 0 Å². The number of ether oxygens (including phenoxy) is 2. The van der Waals surface area contributed by atoms with Crippen LogP contribution in [0.3, 0.4) is 0 Å². The topological polar surface area (TPSA) is 76.6 Å². The molecule has 1 fully saturated rings. The molecule has 0 unspecified atom stereocenters. The number of nitrogens with zero attached hydrogens (tertiary/aromatic N) is 3. The van der Waals surface area contributed by atoms with Crippen molar-refractivity contribution in [2.45, 2.75) is 12.8 Å². The predicted octanol–water partition coefficient (Wildman–Crippen LogP) is 3.56. The van der Waals surface area contributed by atoms with Crippen molar-refractivity contribution >= 4 is 38.4 Å². The lowest BCUT2D eigenvalue weighted by molar-refractivity contribution is -0.120. The van der Waals surface area contributed by atoms with Crippen LogP contribution in [0.5, 0.6) is 11.5 Å². The van der Waals surface area contributed by atoms with E-state index < -0.39 is 0 Å². The van der Waals surface area contributed by atoms with Crippen LogP contribution in [-0.4, -0.2) is 43.2 Å². The fraction of sp³-hybridized carbons (Fsp3) is 0.350. The monoisotopic (exact) mass is 398 g/mol. The highest BCUT2D eigenvalue weighted by atomic mass is 32.1. The van der Waals surface area contributed by atoms with Gasteiger partial charge in [-0.05, 0) is 25.0 Å². The maximum Gasteiger partial charge on any atom is 0.229 e. The molecule has 1 amide bonds. The van der Waals surface area contributed by atoms with Crippen molar-refractivity contribution in [1.29, 1.82) is 0 Å². The van der Waals surface area contributed by atoms with Crippen LogP contribution in [0.4, 0.5) is 10.8 Å². The van der Waals surface area contributed by atoms with Crippen LogP contribution < -0.4 is 19.7 Å². The van der Waals surface area contributed by atoms with Gasteiger partial charge < -0.3 is 19.7 Å². The highest BCUT2D eigenvalue weighted by Crippen LogP contribution is 2.31. The van der Waals surface area contributed by atoms with Gasteiger partial charge in [-0.2, -0.15) is 0 Å². The molecule has 1 aromatic carbocycles. The molecule has 3 aromatic rings. The Morgan fingerprint density at radius 2 is 2.04 bits per heavy atom. The van der Waals surface area contributed by atoms with Gasteiger partial charge in [0.2, 0.25) is 5.91 Å². The molecular weight excluding hydrogens is 376 g/mol. The summed E-state index contributed by atoms with van der Waals surface area (Å²) in [5.41, 5.74) is 1.57. The van der Waals surface area contributed by atoms with Crippen molar-refractivity contribution in [2.75, 3.05) is 37.5 Å². The third-order valence-corrected chi connectivity index (χ3v) is 5.88. The van der Waals surface area contributed by atoms with Gasteiger partial charge in [-0.1, -0.05) is 11.3 Å². The maximum atomic E-state index is 12.9. The summed E-state index contributed by atoms with van der Waals surface area (Å²) in [6, 6.07) is 9.22. The number of methoxy groups -OCH3 is 2. The first-order valence-electron chi connectivity index (χ1n) is 9.16. The third kappa shape index (κ3) is 3.87. The van der Waals surface area contributed by atoms with E-state index in [1.165, 1.54) is 0 Å². The lowest BCUT2D eigenvalue weighted by Crippen LogP contribution is -2.40. The van der Waals surface area contributed by atoms with Crippen LogP contribution >= 0.6 is 11.3 Å². The van der Waals surface area contributed by atoms with Crippen molar-refractivity contribution in [3.8, 4) is 11.5 Å². The van der Waals surface area contributed by atoms with Gasteiger partial charge in [0.15, 0.2) is 5.13 Å². The van der Waals surface area contributed by atoms with Crippen molar-refractivity contribution in [3.63, 3.8) is 0 Å². The normalized spacial score (nSPS) is 16.8. The number of hydrogen-bond donors (Lipinski definition) is 1. The number of anilines is 2. The zero-order valence-electron chi connectivity index (χ0n) is 15.8. The molecule has 146 valence electrons. The minimum Gasteiger partial charge on any atom is -0.497 e. The molecule has 0 radical (unpaired) electrons. The van der Waals surface area contributed by atoms with Gasteiger partial charge in [0.1, 0.15) is 21.8 Å². The molecule has 1 N–H and O–H groups in total. The van der Waals surface area contributed by atoms with E-state index in [-0.39, 0.29) is 11.8 Å². The molecule has 7 nitrogen and oxygen atoms in total. The summed E-state index contributed by atoms with van der Waals surface area (Å²) in [5.74, 6) is 1.17. The van der Waals surface area contributed by atoms with Crippen LogP contribution in [-0.2, 0) is 4.79 Å². The zero-order chi connectivity index (χ0) is 19.5. The summed E-state index contributed by atoms with van der Waals surface area (Å²) in [7, 11) is 3.18. The van der Waals surface area contributed by atoms with Crippen LogP contribution in [0.25, 0.3) is 10.3 Å². The lowest BCUT2D eigenvalue weighted by atomic mass is 9.97. The first-order valence-corrected chi connectivity index (χ1v) is 9.98. The second-order valence-corrected chi connectivity index (χ2v) is 7.66. The predicted molar refractivity (Wildman–Crippen MR) is 111 cm³/mol. The van der Waals surface area contributed by atoms with Crippen molar-refractivity contribution < 1.29 is 14.3 Å². The lowest BCUT2D eigenvalue weighted by Gasteiger charge is -2.31. The number of hydrogen-bond acceptors (Lipinski definition) is 7. The molecule has 0 aliphatic carbocycles. The summed E-state index contributed by atoms with van der Waals surface area (Å²) >= 11 is 1.57. The van der Waals surface area contributed by atoms with Crippen LogP contribution in [0, 0.1) is 5.92 Å².